The number of anilines is 2. The Morgan fingerprint density at radius 2 is 1.97 bits per heavy atom. The van der Waals surface area contributed by atoms with Crippen molar-refractivity contribution < 1.29 is 24.0 Å². The number of rotatable bonds is 5. The summed E-state index contributed by atoms with van der Waals surface area (Å²) in [5, 5.41) is 12.7. The molecule has 0 spiro atoms. The maximum Gasteiger partial charge on any atom is 0.264 e. The van der Waals surface area contributed by atoms with E-state index >= 15 is 0 Å². The second-order valence-electron chi connectivity index (χ2n) is 8.00. The Balaban J connectivity index is 1.33. The lowest BCUT2D eigenvalue weighted by atomic mass is 10.0. The maximum atomic E-state index is 13.1. The average molecular weight is 474 g/mol. The number of fused-ring (bicyclic) bond motifs is 1. The molecule has 13 nitrogen and oxygen atoms in total. The molecule has 4 heterocycles. The van der Waals surface area contributed by atoms with Crippen molar-refractivity contribution in [2.75, 3.05) is 11.1 Å². The molecule has 5 amide bonds. The van der Waals surface area contributed by atoms with E-state index < -0.39 is 35.6 Å². The lowest BCUT2D eigenvalue weighted by Crippen LogP contribution is -2.54. The summed E-state index contributed by atoms with van der Waals surface area (Å²) in [6, 6.07) is 6.70. The number of nitrogens with one attached hydrogen (secondary N) is 2. The highest BCUT2D eigenvalue weighted by atomic mass is 16.2. The Bertz CT molecular complexity index is 1400. The van der Waals surface area contributed by atoms with Crippen LogP contribution in [0.25, 0.3) is 11.3 Å². The molecule has 35 heavy (non-hydrogen) atoms. The van der Waals surface area contributed by atoms with Crippen molar-refractivity contribution in [3.05, 3.63) is 53.9 Å². The van der Waals surface area contributed by atoms with E-state index in [1.807, 2.05) is 0 Å². The van der Waals surface area contributed by atoms with E-state index in [4.69, 9.17) is 5.73 Å². The SMILES string of the molecule is Nc1ccc(-c2cn(CC(=O)Nc3cccc4c3C(=O)N(C3CCC(=O)NC3=O)C4=O)nn2)cn1. The molecule has 0 radical (unpaired) electrons. The molecule has 5 rings (SSSR count). The molecule has 176 valence electrons. The number of hydrogen-bond donors (Lipinski definition) is 3. The van der Waals surface area contributed by atoms with Crippen LogP contribution in [-0.4, -0.2) is 60.5 Å². The monoisotopic (exact) mass is 474 g/mol. The molecule has 0 aliphatic carbocycles. The predicted octanol–water partition coefficient (Wildman–Crippen LogP) is -0.0378. The number of amides is 5. The summed E-state index contributed by atoms with van der Waals surface area (Å²) < 4.78 is 1.31. The van der Waals surface area contributed by atoms with Crippen molar-refractivity contribution in [2.24, 2.45) is 0 Å². The first-order valence-corrected chi connectivity index (χ1v) is 10.6. The molecule has 1 saturated heterocycles. The summed E-state index contributed by atoms with van der Waals surface area (Å²) in [6.07, 6.45) is 3.14. The van der Waals surface area contributed by atoms with Gasteiger partial charge in [-0.05, 0) is 30.7 Å². The minimum atomic E-state index is -1.10. The third kappa shape index (κ3) is 3.99. The van der Waals surface area contributed by atoms with Gasteiger partial charge in [-0.15, -0.1) is 5.10 Å². The van der Waals surface area contributed by atoms with E-state index in [9.17, 15) is 24.0 Å². The van der Waals surface area contributed by atoms with Crippen LogP contribution in [0.2, 0.25) is 0 Å². The van der Waals surface area contributed by atoms with Crippen LogP contribution in [0.5, 0.6) is 0 Å². The molecule has 2 aromatic heterocycles. The summed E-state index contributed by atoms with van der Waals surface area (Å²) in [5.74, 6) is -2.69. The predicted molar refractivity (Wildman–Crippen MR) is 119 cm³/mol. The zero-order chi connectivity index (χ0) is 24.7. The molecule has 3 aromatic rings. The summed E-state index contributed by atoms with van der Waals surface area (Å²) in [5.41, 5.74) is 6.93. The van der Waals surface area contributed by atoms with Gasteiger partial charge in [-0.2, -0.15) is 0 Å². The smallest absolute Gasteiger partial charge is 0.264 e. The number of carbonyl (C=O) groups is 5. The quantitative estimate of drug-likeness (QED) is 0.427. The van der Waals surface area contributed by atoms with Crippen LogP contribution < -0.4 is 16.4 Å². The Kier molecular flexibility index (Phi) is 5.28. The van der Waals surface area contributed by atoms with Gasteiger partial charge in [0.15, 0.2) is 0 Å². The Labute approximate surface area is 197 Å². The van der Waals surface area contributed by atoms with Crippen LogP contribution >= 0.6 is 0 Å². The highest BCUT2D eigenvalue weighted by Gasteiger charge is 2.45. The lowest BCUT2D eigenvalue weighted by Gasteiger charge is -2.27. The average Bonchev–Trinajstić information content (AvgIpc) is 3.38. The molecule has 0 bridgehead atoms. The number of pyridine rings is 1. The molecule has 1 atom stereocenters. The molecule has 4 N–H and O–H groups in total. The normalized spacial score (nSPS) is 17.4. The Morgan fingerprint density at radius 3 is 2.71 bits per heavy atom. The fourth-order valence-electron chi connectivity index (χ4n) is 4.02. The molecular weight excluding hydrogens is 456 g/mol. The Hall–Kier alpha value is -4.94. The highest BCUT2D eigenvalue weighted by molar-refractivity contribution is 6.26. The molecule has 13 heteroatoms. The van der Waals surface area contributed by atoms with Gasteiger partial charge in [0.05, 0.1) is 23.0 Å². The third-order valence-electron chi connectivity index (χ3n) is 5.67. The van der Waals surface area contributed by atoms with E-state index in [0.717, 1.165) is 4.90 Å². The highest BCUT2D eigenvalue weighted by Crippen LogP contribution is 2.32. The summed E-state index contributed by atoms with van der Waals surface area (Å²) in [7, 11) is 0. The summed E-state index contributed by atoms with van der Waals surface area (Å²) in [4.78, 5) is 67.3. The number of carbonyl (C=O) groups excluding carboxylic acids is 5. The van der Waals surface area contributed by atoms with E-state index in [-0.39, 0.29) is 36.2 Å². The van der Waals surface area contributed by atoms with E-state index in [0.29, 0.717) is 17.1 Å². The van der Waals surface area contributed by atoms with Gasteiger partial charge in [0, 0.05) is 18.2 Å². The van der Waals surface area contributed by atoms with Crippen molar-refractivity contribution in [3.8, 4) is 11.3 Å². The number of nitrogens with zero attached hydrogens (tertiary/aromatic N) is 5. The van der Waals surface area contributed by atoms with Crippen LogP contribution in [0, 0.1) is 0 Å². The van der Waals surface area contributed by atoms with Gasteiger partial charge in [-0.3, -0.25) is 34.2 Å². The van der Waals surface area contributed by atoms with Gasteiger partial charge >= 0.3 is 0 Å². The number of hydrogen-bond acceptors (Lipinski definition) is 9. The van der Waals surface area contributed by atoms with Crippen LogP contribution in [0.4, 0.5) is 11.5 Å². The van der Waals surface area contributed by atoms with Crippen LogP contribution in [0.15, 0.2) is 42.7 Å². The molecule has 1 aromatic carbocycles. The topological polar surface area (TPSA) is 182 Å². The maximum absolute atomic E-state index is 13.1. The molecule has 2 aliphatic heterocycles. The number of imide groups is 2. The second-order valence-corrected chi connectivity index (χ2v) is 8.00. The fourth-order valence-corrected chi connectivity index (χ4v) is 4.02. The largest absolute Gasteiger partial charge is 0.384 e. The number of benzene rings is 1. The first-order chi connectivity index (χ1) is 16.8. The molecule has 1 fully saturated rings. The van der Waals surface area contributed by atoms with Crippen molar-refractivity contribution in [1.29, 1.82) is 0 Å². The zero-order valence-electron chi connectivity index (χ0n) is 18.1. The van der Waals surface area contributed by atoms with Gasteiger partial charge in [0.2, 0.25) is 17.7 Å². The Morgan fingerprint density at radius 1 is 1.14 bits per heavy atom. The van der Waals surface area contributed by atoms with Crippen molar-refractivity contribution in [3.63, 3.8) is 0 Å². The first kappa shape index (κ1) is 21.9. The first-order valence-electron chi connectivity index (χ1n) is 10.6. The number of aromatic nitrogens is 4. The van der Waals surface area contributed by atoms with Crippen molar-refractivity contribution >= 4 is 41.0 Å². The minimum absolute atomic E-state index is 0.0113. The summed E-state index contributed by atoms with van der Waals surface area (Å²) >= 11 is 0. The number of nitrogen functional groups attached to an aromatic ring is 1. The number of nitrogens with two attached hydrogens (primary N) is 1. The van der Waals surface area contributed by atoms with Gasteiger partial charge in [0.25, 0.3) is 11.8 Å². The van der Waals surface area contributed by atoms with Gasteiger partial charge in [-0.1, -0.05) is 11.3 Å². The summed E-state index contributed by atoms with van der Waals surface area (Å²) in [6.45, 7) is -0.210. The van der Waals surface area contributed by atoms with Gasteiger partial charge in [0.1, 0.15) is 24.1 Å². The third-order valence-corrected chi connectivity index (χ3v) is 5.67. The number of piperidine rings is 1. The molecule has 1 unspecified atom stereocenters. The second kappa shape index (κ2) is 8.44. The van der Waals surface area contributed by atoms with Crippen LogP contribution in [0.1, 0.15) is 33.6 Å². The van der Waals surface area contributed by atoms with E-state index in [1.54, 1.807) is 18.3 Å². The fraction of sp³-hybridized carbons (Fsp3) is 0.182. The van der Waals surface area contributed by atoms with Crippen molar-refractivity contribution in [1.82, 2.24) is 30.2 Å². The van der Waals surface area contributed by atoms with Crippen LogP contribution in [-0.2, 0) is 20.9 Å². The zero-order valence-corrected chi connectivity index (χ0v) is 18.1. The van der Waals surface area contributed by atoms with Crippen LogP contribution in [0.3, 0.4) is 0 Å². The standard InChI is InChI=1S/C22H18N8O5/c23-16-6-4-11(8-24-16)14-9-29(28-27-14)10-18(32)25-13-3-1-2-12-19(13)22(35)30(21(12)34)15-5-7-17(31)26-20(15)33/h1-4,6,8-9,15H,5,7,10H2,(H2,23,24)(H,25,32)(H,26,31,33). The molecule has 0 saturated carbocycles. The molecular formula is C22H18N8O5. The minimum Gasteiger partial charge on any atom is -0.384 e. The van der Waals surface area contributed by atoms with Crippen molar-refractivity contribution in [2.45, 2.75) is 25.4 Å². The van der Waals surface area contributed by atoms with E-state index in [2.05, 4.69) is 25.9 Å². The molecule has 2 aliphatic rings. The lowest BCUT2D eigenvalue weighted by molar-refractivity contribution is -0.136. The van der Waals surface area contributed by atoms with Gasteiger partial charge in [-0.25, -0.2) is 9.67 Å². The van der Waals surface area contributed by atoms with Gasteiger partial charge < -0.3 is 11.1 Å². The van der Waals surface area contributed by atoms with E-state index in [1.165, 1.54) is 29.1 Å².